The molecule has 1 atom stereocenters. The standard InChI is InChI=1S/C19H19ClN2O4S/c1-3-21-19(25)22-17(23)16(12-7-5-4-6-8-12)26-18(24)14-11-13(27-2)9-10-15(14)20/h4-11,16H,3H2,1-2H3,(H2,21,22,23,25). The van der Waals surface area contributed by atoms with E-state index < -0.39 is 24.0 Å². The van der Waals surface area contributed by atoms with E-state index in [1.165, 1.54) is 11.8 Å². The van der Waals surface area contributed by atoms with E-state index in [2.05, 4.69) is 10.6 Å². The van der Waals surface area contributed by atoms with Crippen molar-refractivity contribution >= 4 is 41.3 Å². The second-order valence-corrected chi connectivity index (χ2v) is 6.68. The van der Waals surface area contributed by atoms with Gasteiger partial charge in [-0.3, -0.25) is 10.1 Å². The third-order valence-electron chi connectivity index (χ3n) is 3.53. The van der Waals surface area contributed by atoms with Crippen LogP contribution >= 0.6 is 23.4 Å². The van der Waals surface area contributed by atoms with Crippen molar-refractivity contribution in [3.05, 3.63) is 64.7 Å². The summed E-state index contributed by atoms with van der Waals surface area (Å²) in [6, 6.07) is 12.7. The van der Waals surface area contributed by atoms with Gasteiger partial charge in [-0.1, -0.05) is 41.9 Å². The SMILES string of the molecule is CCNC(=O)NC(=O)C(OC(=O)c1cc(SC)ccc1Cl)c1ccccc1. The zero-order valence-electron chi connectivity index (χ0n) is 14.8. The molecular formula is C19H19ClN2O4S. The van der Waals surface area contributed by atoms with Crippen LogP contribution in [0.25, 0.3) is 0 Å². The predicted octanol–water partition coefficient (Wildman–Crippen LogP) is 3.81. The quantitative estimate of drug-likeness (QED) is 0.563. The number of thioether (sulfide) groups is 1. The van der Waals surface area contributed by atoms with Gasteiger partial charge in [-0.25, -0.2) is 9.59 Å². The van der Waals surface area contributed by atoms with Gasteiger partial charge >= 0.3 is 12.0 Å². The number of imide groups is 1. The summed E-state index contributed by atoms with van der Waals surface area (Å²) in [6.45, 7) is 2.07. The third kappa shape index (κ3) is 5.74. The molecule has 0 saturated carbocycles. The van der Waals surface area contributed by atoms with Crippen LogP contribution in [-0.2, 0) is 9.53 Å². The molecule has 2 aromatic carbocycles. The van der Waals surface area contributed by atoms with Crippen molar-refractivity contribution < 1.29 is 19.1 Å². The lowest BCUT2D eigenvalue weighted by molar-refractivity contribution is -0.129. The molecule has 2 rings (SSSR count). The van der Waals surface area contributed by atoms with Crippen molar-refractivity contribution in [3.8, 4) is 0 Å². The number of carbonyl (C=O) groups excluding carboxylic acids is 3. The maximum atomic E-state index is 12.6. The molecule has 27 heavy (non-hydrogen) atoms. The summed E-state index contributed by atoms with van der Waals surface area (Å²) in [4.78, 5) is 37.7. The highest BCUT2D eigenvalue weighted by Crippen LogP contribution is 2.26. The summed E-state index contributed by atoms with van der Waals surface area (Å²) in [5.74, 6) is -1.51. The Kier molecular flexibility index (Phi) is 7.69. The molecule has 142 valence electrons. The molecule has 6 nitrogen and oxygen atoms in total. The first-order chi connectivity index (χ1) is 13.0. The third-order valence-corrected chi connectivity index (χ3v) is 4.59. The number of carbonyl (C=O) groups is 3. The molecular weight excluding hydrogens is 388 g/mol. The van der Waals surface area contributed by atoms with Gasteiger partial charge < -0.3 is 10.1 Å². The minimum Gasteiger partial charge on any atom is -0.444 e. The molecule has 0 radical (unpaired) electrons. The Morgan fingerprint density at radius 2 is 1.85 bits per heavy atom. The van der Waals surface area contributed by atoms with Crippen molar-refractivity contribution in [2.45, 2.75) is 17.9 Å². The van der Waals surface area contributed by atoms with E-state index in [9.17, 15) is 14.4 Å². The van der Waals surface area contributed by atoms with Gasteiger partial charge in [-0.15, -0.1) is 11.8 Å². The molecule has 0 heterocycles. The lowest BCUT2D eigenvalue weighted by Crippen LogP contribution is -2.42. The Balaban J connectivity index is 2.28. The fourth-order valence-electron chi connectivity index (χ4n) is 2.24. The summed E-state index contributed by atoms with van der Waals surface area (Å²) in [5.41, 5.74) is 0.583. The topological polar surface area (TPSA) is 84.5 Å². The predicted molar refractivity (Wildman–Crippen MR) is 105 cm³/mol. The largest absolute Gasteiger partial charge is 0.444 e. The number of esters is 1. The first-order valence-corrected chi connectivity index (χ1v) is 9.74. The molecule has 1 unspecified atom stereocenters. The molecule has 2 aromatic rings. The van der Waals surface area contributed by atoms with Crippen LogP contribution in [-0.4, -0.2) is 30.7 Å². The molecule has 2 N–H and O–H groups in total. The van der Waals surface area contributed by atoms with Gasteiger partial charge in [0.1, 0.15) is 0 Å². The van der Waals surface area contributed by atoms with Crippen LogP contribution in [0, 0.1) is 0 Å². The molecule has 0 aliphatic rings. The Morgan fingerprint density at radius 3 is 2.48 bits per heavy atom. The normalized spacial score (nSPS) is 11.4. The highest BCUT2D eigenvalue weighted by molar-refractivity contribution is 7.98. The fraction of sp³-hybridized carbons (Fsp3) is 0.211. The maximum Gasteiger partial charge on any atom is 0.340 e. The lowest BCUT2D eigenvalue weighted by atomic mass is 10.1. The van der Waals surface area contributed by atoms with Gasteiger partial charge in [0.05, 0.1) is 10.6 Å². The van der Waals surface area contributed by atoms with Crippen LogP contribution in [0.3, 0.4) is 0 Å². The summed E-state index contributed by atoms with van der Waals surface area (Å²) in [6.07, 6.45) is 0.570. The van der Waals surface area contributed by atoms with E-state index >= 15 is 0 Å². The Bertz CT molecular complexity index is 830. The van der Waals surface area contributed by atoms with Crippen LogP contribution in [0.1, 0.15) is 28.9 Å². The number of hydrogen-bond acceptors (Lipinski definition) is 5. The first kappa shape index (κ1) is 20.8. The summed E-state index contributed by atoms with van der Waals surface area (Å²) >= 11 is 7.55. The molecule has 8 heteroatoms. The van der Waals surface area contributed by atoms with Crippen molar-refractivity contribution in [2.75, 3.05) is 12.8 Å². The molecule has 0 bridgehead atoms. The monoisotopic (exact) mass is 406 g/mol. The second kappa shape index (κ2) is 9.99. The molecule has 0 aliphatic carbocycles. The Hall–Kier alpha value is -2.51. The number of nitrogens with one attached hydrogen (secondary N) is 2. The number of amides is 3. The van der Waals surface area contributed by atoms with Gasteiger partial charge in [0, 0.05) is 17.0 Å². The zero-order valence-corrected chi connectivity index (χ0v) is 16.4. The minimum atomic E-state index is -1.30. The molecule has 0 aromatic heterocycles. The van der Waals surface area contributed by atoms with Gasteiger partial charge in [-0.2, -0.15) is 0 Å². The fourth-order valence-corrected chi connectivity index (χ4v) is 2.88. The Morgan fingerprint density at radius 1 is 1.15 bits per heavy atom. The number of hydrogen-bond donors (Lipinski definition) is 2. The average Bonchev–Trinajstić information content (AvgIpc) is 2.67. The molecule has 0 fully saturated rings. The van der Waals surface area contributed by atoms with E-state index in [0.717, 1.165) is 4.90 Å². The Labute approximate surface area is 166 Å². The highest BCUT2D eigenvalue weighted by Gasteiger charge is 2.28. The second-order valence-electron chi connectivity index (χ2n) is 5.39. The van der Waals surface area contributed by atoms with Crippen LogP contribution in [0.4, 0.5) is 4.79 Å². The van der Waals surface area contributed by atoms with E-state index in [0.29, 0.717) is 12.1 Å². The summed E-state index contributed by atoms with van der Waals surface area (Å²) in [7, 11) is 0. The zero-order chi connectivity index (χ0) is 19.8. The lowest BCUT2D eigenvalue weighted by Gasteiger charge is -2.18. The smallest absolute Gasteiger partial charge is 0.340 e. The first-order valence-electron chi connectivity index (χ1n) is 8.14. The van der Waals surface area contributed by atoms with Gasteiger partial charge in [0.25, 0.3) is 5.91 Å². The molecule has 0 saturated heterocycles. The number of halogens is 1. The van der Waals surface area contributed by atoms with E-state index in [-0.39, 0.29) is 10.6 Å². The minimum absolute atomic E-state index is 0.148. The van der Waals surface area contributed by atoms with Crippen molar-refractivity contribution in [1.29, 1.82) is 0 Å². The van der Waals surface area contributed by atoms with E-state index in [1.54, 1.807) is 55.5 Å². The van der Waals surface area contributed by atoms with Crippen molar-refractivity contribution in [3.63, 3.8) is 0 Å². The molecule has 0 aliphatic heterocycles. The van der Waals surface area contributed by atoms with Gasteiger partial charge in [0.2, 0.25) is 6.10 Å². The van der Waals surface area contributed by atoms with Gasteiger partial charge in [-0.05, 0) is 31.4 Å². The number of ether oxygens (including phenoxy) is 1. The van der Waals surface area contributed by atoms with Gasteiger partial charge in [0.15, 0.2) is 0 Å². The van der Waals surface area contributed by atoms with Crippen molar-refractivity contribution in [2.24, 2.45) is 0 Å². The average molecular weight is 407 g/mol. The summed E-state index contributed by atoms with van der Waals surface area (Å²) in [5, 5.41) is 4.84. The van der Waals surface area contributed by atoms with Crippen molar-refractivity contribution in [1.82, 2.24) is 10.6 Å². The van der Waals surface area contributed by atoms with E-state index in [4.69, 9.17) is 16.3 Å². The van der Waals surface area contributed by atoms with Crippen LogP contribution in [0.15, 0.2) is 53.4 Å². The number of urea groups is 1. The molecule has 3 amide bonds. The van der Waals surface area contributed by atoms with Crippen LogP contribution < -0.4 is 10.6 Å². The number of rotatable bonds is 6. The maximum absolute atomic E-state index is 12.6. The van der Waals surface area contributed by atoms with E-state index in [1.807, 2.05) is 6.26 Å². The van der Waals surface area contributed by atoms with Crippen LogP contribution in [0.2, 0.25) is 5.02 Å². The highest BCUT2D eigenvalue weighted by atomic mass is 35.5. The molecule has 0 spiro atoms. The summed E-state index contributed by atoms with van der Waals surface area (Å²) < 4.78 is 5.42. The van der Waals surface area contributed by atoms with Crippen LogP contribution in [0.5, 0.6) is 0 Å². The number of benzene rings is 2.